The largest absolute Gasteiger partial charge is 0.481 e. The molecule has 0 saturated heterocycles. The average molecular weight is 397 g/mol. The maximum absolute atomic E-state index is 12.8. The zero-order chi connectivity index (χ0) is 19.2. The Morgan fingerprint density at radius 2 is 1.12 bits per heavy atom. The Kier molecular flexibility index (Phi) is 8.89. The first kappa shape index (κ1) is 23.8. The van der Waals surface area contributed by atoms with E-state index >= 15 is 0 Å². The molecule has 0 aromatic rings. The summed E-state index contributed by atoms with van der Waals surface area (Å²) in [5.74, 6) is -1.25. The van der Waals surface area contributed by atoms with Gasteiger partial charge in [0.25, 0.3) is 10.1 Å². The first-order valence-electron chi connectivity index (χ1n) is 9.20. The summed E-state index contributed by atoms with van der Waals surface area (Å²) in [4.78, 5) is 12.8. The van der Waals surface area contributed by atoms with Crippen molar-refractivity contribution in [2.24, 2.45) is 0 Å². The molecule has 24 heavy (non-hydrogen) atoms. The molecular formula is C16H36O5SSi2. The van der Waals surface area contributed by atoms with Crippen LogP contribution >= 0.6 is 0 Å². The molecule has 0 spiro atoms. The molecule has 144 valence electrons. The van der Waals surface area contributed by atoms with Crippen molar-refractivity contribution in [3.8, 4) is 0 Å². The van der Waals surface area contributed by atoms with E-state index in [2.05, 4.69) is 41.5 Å². The molecule has 0 fully saturated rings. The first-order chi connectivity index (χ1) is 11.0. The number of carboxylic acid groups (broad SMARTS) is 1. The SMILES string of the molecule is CC[Si](CC)(CC)C(CCS(=O)(=O)O)(C(=O)O)[Si](CC)(CC)CC. The summed E-state index contributed by atoms with van der Waals surface area (Å²) in [6.07, 6.45) is 0.0741. The molecule has 0 unspecified atom stereocenters. The summed E-state index contributed by atoms with van der Waals surface area (Å²) in [5, 5.41) is 10.5. The molecule has 5 nitrogen and oxygen atoms in total. The Hall–Kier alpha value is -0.186. The van der Waals surface area contributed by atoms with E-state index in [1.54, 1.807) is 0 Å². The summed E-state index contributed by atoms with van der Waals surface area (Å²) in [5.41, 5.74) is 0. The number of carbonyl (C=O) groups is 1. The summed E-state index contributed by atoms with van der Waals surface area (Å²) < 4.78 is 31.4. The van der Waals surface area contributed by atoms with E-state index in [1.165, 1.54) is 0 Å². The molecule has 0 aliphatic carbocycles. The van der Waals surface area contributed by atoms with Gasteiger partial charge >= 0.3 is 5.97 Å². The normalized spacial score (nSPS) is 14.0. The zero-order valence-corrected chi connectivity index (χ0v) is 19.0. The third kappa shape index (κ3) is 3.97. The number of hydrogen-bond acceptors (Lipinski definition) is 3. The van der Waals surface area contributed by atoms with Crippen LogP contribution < -0.4 is 0 Å². The molecule has 0 bridgehead atoms. The monoisotopic (exact) mass is 396 g/mol. The topological polar surface area (TPSA) is 91.7 Å². The average Bonchev–Trinajstić information content (AvgIpc) is 2.54. The minimum atomic E-state index is -4.18. The molecule has 0 heterocycles. The lowest BCUT2D eigenvalue weighted by atomic mass is 10.3. The lowest BCUT2D eigenvalue weighted by molar-refractivity contribution is -0.138. The first-order valence-corrected chi connectivity index (χ1v) is 16.1. The van der Waals surface area contributed by atoms with Crippen molar-refractivity contribution in [2.45, 2.75) is 88.9 Å². The van der Waals surface area contributed by atoms with Crippen molar-refractivity contribution in [2.75, 3.05) is 5.75 Å². The Balaban J connectivity index is 6.75. The molecule has 0 radical (unpaired) electrons. The van der Waals surface area contributed by atoms with Gasteiger partial charge in [0, 0.05) is 0 Å². The molecule has 2 N–H and O–H groups in total. The van der Waals surface area contributed by atoms with Crippen molar-refractivity contribution in [3.63, 3.8) is 0 Å². The van der Waals surface area contributed by atoms with Crippen molar-refractivity contribution < 1.29 is 22.9 Å². The maximum atomic E-state index is 12.8. The zero-order valence-electron chi connectivity index (χ0n) is 16.2. The van der Waals surface area contributed by atoms with E-state index in [4.69, 9.17) is 0 Å². The fraction of sp³-hybridized carbons (Fsp3) is 0.938. The highest BCUT2D eigenvalue weighted by molar-refractivity contribution is 7.85. The molecule has 0 rings (SSSR count). The van der Waals surface area contributed by atoms with Gasteiger partial charge in [0.15, 0.2) is 0 Å². The molecule has 0 amide bonds. The summed E-state index contributed by atoms with van der Waals surface area (Å²) >= 11 is 0. The van der Waals surface area contributed by atoms with Gasteiger partial charge in [-0.25, -0.2) is 0 Å². The van der Waals surface area contributed by atoms with E-state index < -0.39 is 42.6 Å². The van der Waals surface area contributed by atoms with Gasteiger partial charge in [-0.3, -0.25) is 9.35 Å². The number of hydrogen-bond donors (Lipinski definition) is 2. The number of carboxylic acids is 1. The second kappa shape index (κ2) is 8.96. The van der Waals surface area contributed by atoms with E-state index in [1.807, 2.05) is 0 Å². The highest BCUT2D eigenvalue weighted by atomic mass is 32.2. The third-order valence-electron chi connectivity index (χ3n) is 6.97. The van der Waals surface area contributed by atoms with Gasteiger partial charge in [0.05, 0.1) is 26.6 Å². The molecule has 0 aromatic carbocycles. The molecule has 0 aromatic heterocycles. The predicted molar refractivity (Wildman–Crippen MR) is 106 cm³/mol. The minimum absolute atomic E-state index is 0.0741. The summed E-state index contributed by atoms with van der Waals surface area (Å²) in [7, 11) is -8.72. The van der Waals surface area contributed by atoms with Crippen LogP contribution in [-0.2, 0) is 14.9 Å². The van der Waals surface area contributed by atoms with Gasteiger partial charge in [-0.05, 0) is 6.42 Å². The van der Waals surface area contributed by atoms with Gasteiger partial charge in [-0.2, -0.15) is 8.42 Å². The smallest absolute Gasteiger partial charge is 0.304 e. The minimum Gasteiger partial charge on any atom is -0.481 e. The van der Waals surface area contributed by atoms with Crippen LogP contribution in [0, 0.1) is 0 Å². The number of rotatable bonds is 12. The maximum Gasteiger partial charge on any atom is 0.304 e. The fourth-order valence-electron chi connectivity index (χ4n) is 5.25. The van der Waals surface area contributed by atoms with Crippen molar-refractivity contribution in [1.29, 1.82) is 0 Å². The van der Waals surface area contributed by atoms with Crippen LogP contribution in [0.15, 0.2) is 0 Å². The lowest BCUT2D eigenvalue weighted by Crippen LogP contribution is -2.65. The van der Waals surface area contributed by atoms with Gasteiger partial charge in [-0.15, -0.1) is 0 Å². The van der Waals surface area contributed by atoms with Crippen LogP contribution in [0.4, 0.5) is 0 Å². The molecule has 8 heteroatoms. The van der Waals surface area contributed by atoms with Gasteiger partial charge < -0.3 is 5.11 Å². The van der Waals surface area contributed by atoms with Crippen LogP contribution in [0.2, 0.25) is 40.9 Å². The van der Waals surface area contributed by atoms with Crippen LogP contribution in [0.3, 0.4) is 0 Å². The molecule has 0 saturated carbocycles. The van der Waals surface area contributed by atoms with E-state index in [9.17, 15) is 22.9 Å². The number of aliphatic carboxylic acids is 1. The van der Waals surface area contributed by atoms with Gasteiger partial charge in [-0.1, -0.05) is 77.8 Å². The standard InChI is InChI=1S/C16H36O5SSi2/c1-7-23(8-2,9-3)16(15(17)18,13-14-22(19,20)21)24(10-4,11-5)12-6/h7-14H2,1-6H3,(H,17,18)(H,19,20,21). The van der Waals surface area contributed by atoms with Crippen molar-refractivity contribution in [3.05, 3.63) is 0 Å². The Bertz CT molecular complexity index is 474. The quantitative estimate of drug-likeness (QED) is 0.370. The Morgan fingerprint density at radius 1 is 0.833 bits per heavy atom. The van der Waals surface area contributed by atoms with Crippen LogP contribution in [0.5, 0.6) is 0 Å². The Labute approximate surface area is 150 Å². The van der Waals surface area contributed by atoms with Crippen LogP contribution in [0.25, 0.3) is 0 Å². The van der Waals surface area contributed by atoms with E-state index in [0.717, 1.165) is 36.3 Å². The van der Waals surface area contributed by atoms with Crippen LogP contribution in [-0.4, -0.2) is 45.9 Å². The summed E-state index contributed by atoms with van der Waals surface area (Å²) in [6.45, 7) is 12.4. The lowest BCUT2D eigenvalue weighted by Gasteiger charge is -2.56. The van der Waals surface area contributed by atoms with E-state index in [0.29, 0.717) is 0 Å². The second-order valence-electron chi connectivity index (χ2n) is 6.93. The van der Waals surface area contributed by atoms with E-state index in [-0.39, 0.29) is 6.42 Å². The van der Waals surface area contributed by atoms with Gasteiger partial charge in [0.2, 0.25) is 0 Å². The molecule has 0 aliphatic heterocycles. The third-order valence-corrected chi connectivity index (χ3v) is 23.5. The molecule has 0 atom stereocenters. The predicted octanol–water partition coefficient (Wildman–Crippen LogP) is 4.65. The molecule has 0 aliphatic rings. The van der Waals surface area contributed by atoms with Gasteiger partial charge in [0.1, 0.15) is 0 Å². The van der Waals surface area contributed by atoms with Crippen LogP contribution in [0.1, 0.15) is 48.0 Å². The second-order valence-corrected chi connectivity index (χ2v) is 20.1. The summed E-state index contributed by atoms with van der Waals surface area (Å²) in [6, 6.07) is 5.04. The van der Waals surface area contributed by atoms with Crippen molar-refractivity contribution >= 4 is 32.2 Å². The van der Waals surface area contributed by atoms with Crippen molar-refractivity contribution in [1.82, 2.24) is 0 Å². The molecular weight excluding hydrogens is 360 g/mol. The highest BCUT2D eigenvalue weighted by Crippen LogP contribution is 2.58. The Morgan fingerprint density at radius 3 is 1.29 bits per heavy atom. The fourth-order valence-corrected chi connectivity index (χ4v) is 22.7. The highest BCUT2D eigenvalue weighted by Gasteiger charge is 2.65.